The molecule has 172 valence electrons. The van der Waals surface area contributed by atoms with E-state index in [-0.39, 0.29) is 24.2 Å². The number of carboxylic acids is 1. The summed E-state index contributed by atoms with van der Waals surface area (Å²) in [6.07, 6.45) is -3.19. The molecule has 1 N–H and O–H groups in total. The van der Waals surface area contributed by atoms with E-state index in [0.29, 0.717) is 5.75 Å². The molecule has 3 aromatic carbocycles. The van der Waals surface area contributed by atoms with Gasteiger partial charge in [-0.05, 0) is 70.8 Å². The lowest BCUT2D eigenvalue weighted by Crippen LogP contribution is -2.16. The minimum absolute atomic E-state index is 0.0717. The molecule has 0 bridgehead atoms. The Morgan fingerprint density at radius 3 is 2.33 bits per heavy atom. The second kappa shape index (κ2) is 9.17. The van der Waals surface area contributed by atoms with Gasteiger partial charge in [0.2, 0.25) is 0 Å². The van der Waals surface area contributed by atoms with Gasteiger partial charge in [0.05, 0.1) is 6.42 Å². The quantitative estimate of drug-likeness (QED) is 0.420. The fraction of sp³-hybridized carbons (Fsp3) is 0.269. The number of hydrogen-bond donors (Lipinski definition) is 1. The molecule has 0 amide bonds. The monoisotopic (exact) mass is 456 g/mol. The Balaban J connectivity index is 1.49. The minimum Gasteiger partial charge on any atom is -0.486 e. The number of alkyl halides is 3. The Morgan fingerprint density at radius 1 is 1.03 bits per heavy atom. The van der Waals surface area contributed by atoms with Crippen molar-refractivity contribution in [1.29, 1.82) is 0 Å². The van der Waals surface area contributed by atoms with Crippen molar-refractivity contribution in [2.45, 2.75) is 44.6 Å². The third kappa shape index (κ3) is 5.48. The van der Waals surface area contributed by atoms with Crippen molar-refractivity contribution in [1.82, 2.24) is 0 Å². The number of hydrogen-bond acceptors (Lipinski definition) is 3. The summed E-state index contributed by atoms with van der Waals surface area (Å²) < 4.78 is 47.4. The molecular weight excluding hydrogens is 433 g/mol. The lowest BCUT2D eigenvalue weighted by Gasteiger charge is -2.17. The lowest BCUT2D eigenvalue weighted by molar-refractivity contribution is -0.274. The highest BCUT2D eigenvalue weighted by atomic mass is 19.4. The zero-order chi connectivity index (χ0) is 23.6. The van der Waals surface area contributed by atoms with Crippen LogP contribution in [0.3, 0.4) is 0 Å². The highest BCUT2D eigenvalue weighted by molar-refractivity contribution is 5.70. The molecule has 0 aromatic heterocycles. The van der Waals surface area contributed by atoms with Gasteiger partial charge in [0.1, 0.15) is 17.6 Å². The van der Waals surface area contributed by atoms with Gasteiger partial charge in [-0.1, -0.05) is 49.4 Å². The summed E-state index contributed by atoms with van der Waals surface area (Å²) in [7, 11) is 0. The number of fused-ring (bicyclic) bond motifs is 1. The Hall–Kier alpha value is -3.48. The number of halogens is 3. The first-order chi connectivity index (χ1) is 15.7. The minimum atomic E-state index is -4.72. The molecule has 2 unspecified atom stereocenters. The molecule has 0 saturated heterocycles. The summed E-state index contributed by atoms with van der Waals surface area (Å²) in [6, 6.07) is 19.3. The standard InChI is InChI=1S/C26H23F3O4/c1-16(15-25(30)31)17-5-9-19(10-6-17)32-24-14-13-22-21(3-2-4-23(22)24)18-7-11-20(12-8-18)33-26(27,28)29/h2-12,16,24H,13-15H2,1H3,(H,30,31). The van der Waals surface area contributed by atoms with E-state index in [4.69, 9.17) is 9.84 Å². The van der Waals surface area contributed by atoms with Crippen molar-refractivity contribution in [3.63, 3.8) is 0 Å². The number of ether oxygens (including phenoxy) is 2. The van der Waals surface area contributed by atoms with Crippen LogP contribution in [0, 0.1) is 0 Å². The summed E-state index contributed by atoms with van der Waals surface area (Å²) in [5, 5.41) is 8.97. The van der Waals surface area contributed by atoms with Gasteiger partial charge < -0.3 is 14.6 Å². The van der Waals surface area contributed by atoms with Gasteiger partial charge >= 0.3 is 12.3 Å². The van der Waals surface area contributed by atoms with Crippen molar-refractivity contribution in [3.05, 3.63) is 83.4 Å². The number of aliphatic carboxylic acids is 1. The number of carbonyl (C=O) groups is 1. The Kier molecular flexibility index (Phi) is 6.31. The number of carboxylic acid groups (broad SMARTS) is 1. The SMILES string of the molecule is CC(CC(=O)O)c1ccc(OC2CCc3c(-c4ccc(OC(F)(F)F)cc4)cccc32)cc1. The van der Waals surface area contributed by atoms with Crippen LogP contribution in [-0.2, 0) is 11.2 Å². The van der Waals surface area contributed by atoms with E-state index in [1.807, 2.05) is 49.4 Å². The van der Waals surface area contributed by atoms with Crippen LogP contribution in [0.4, 0.5) is 13.2 Å². The van der Waals surface area contributed by atoms with Crippen LogP contribution in [0.1, 0.15) is 48.5 Å². The van der Waals surface area contributed by atoms with E-state index >= 15 is 0 Å². The molecule has 0 heterocycles. The van der Waals surface area contributed by atoms with Gasteiger partial charge in [0.15, 0.2) is 0 Å². The first-order valence-corrected chi connectivity index (χ1v) is 10.7. The van der Waals surface area contributed by atoms with E-state index in [2.05, 4.69) is 4.74 Å². The largest absolute Gasteiger partial charge is 0.573 e. The van der Waals surface area contributed by atoms with E-state index < -0.39 is 12.3 Å². The molecule has 33 heavy (non-hydrogen) atoms. The molecule has 1 aliphatic carbocycles. The predicted molar refractivity (Wildman–Crippen MR) is 117 cm³/mol. The summed E-state index contributed by atoms with van der Waals surface area (Å²) >= 11 is 0. The van der Waals surface area contributed by atoms with Crippen LogP contribution < -0.4 is 9.47 Å². The van der Waals surface area contributed by atoms with E-state index in [0.717, 1.165) is 40.7 Å². The molecule has 4 rings (SSSR count). The van der Waals surface area contributed by atoms with Crippen LogP contribution in [0.2, 0.25) is 0 Å². The van der Waals surface area contributed by atoms with Crippen LogP contribution in [0.5, 0.6) is 11.5 Å². The Labute approximate surface area is 189 Å². The van der Waals surface area contributed by atoms with Crippen LogP contribution in [0.15, 0.2) is 66.7 Å². The van der Waals surface area contributed by atoms with Gasteiger partial charge in [-0.15, -0.1) is 13.2 Å². The fourth-order valence-electron chi connectivity index (χ4n) is 4.26. The molecule has 3 aromatic rings. The van der Waals surface area contributed by atoms with Crippen molar-refractivity contribution in [3.8, 4) is 22.6 Å². The third-order valence-corrected chi connectivity index (χ3v) is 5.82. The van der Waals surface area contributed by atoms with Crippen LogP contribution in [-0.4, -0.2) is 17.4 Å². The van der Waals surface area contributed by atoms with Crippen molar-refractivity contribution in [2.24, 2.45) is 0 Å². The smallest absolute Gasteiger partial charge is 0.486 e. The zero-order valence-electron chi connectivity index (χ0n) is 17.9. The van der Waals surface area contributed by atoms with Gasteiger partial charge in [0.25, 0.3) is 0 Å². The molecule has 4 nitrogen and oxygen atoms in total. The first kappa shape index (κ1) is 22.7. The second-order valence-corrected chi connectivity index (χ2v) is 8.16. The van der Waals surface area contributed by atoms with E-state index in [1.54, 1.807) is 12.1 Å². The van der Waals surface area contributed by atoms with Crippen LogP contribution >= 0.6 is 0 Å². The van der Waals surface area contributed by atoms with Gasteiger partial charge in [-0.2, -0.15) is 0 Å². The topological polar surface area (TPSA) is 55.8 Å². The lowest BCUT2D eigenvalue weighted by atomic mass is 9.96. The maximum absolute atomic E-state index is 12.4. The summed E-state index contributed by atoms with van der Waals surface area (Å²) in [6.45, 7) is 1.88. The maximum atomic E-state index is 12.4. The molecule has 7 heteroatoms. The molecule has 0 saturated carbocycles. The zero-order valence-corrected chi connectivity index (χ0v) is 17.9. The normalized spacial score (nSPS) is 16.2. The van der Waals surface area contributed by atoms with Gasteiger partial charge in [-0.3, -0.25) is 4.79 Å². The first-order valence-electron chi connectivity index (χ1n) is 10.7. The van der Waals surface area contributed by atoms with Gasteiger partial charge in [0, 0.05) is 0 Å². The van der Waals surface area contributed by atoms with Crippen molar-refractivity contribution in [2.75, 3.05) is 0 Å². The molecule has 2 atom stereocenters. The predicted octanol–water partition coefficient (Wildman–Crippen LogP) is 6.90. The van der Waals surface area contributed by atoms with Crippen LogP contribution in [0.25, 0.3) is 11.1 Å². The van der Waals surface area contributed by atoms with Gasteiger partial charge in [-0.25, -0.2) is 0 Å². The summed E-state index contributed by atoms with van der Waals surface area (Å²) in [5.41, 5.74) is 4.91. The average molecular weight is 456 g/mol. The van der Waals surface area contributed by atoms with E-state index in [9.17, 15) is 18.0 Å². The number of benzene rings is 3. The molecule has 0 fully saturated rings. The summed E-state index contributed by atoms with van der Waals surface area (Å²) in [4.78, 5) is 10.9. The highest BCUT2D eigenvalue weighted by Gasteiger charge is 2.31. The van der Waals surface area contributed by atoms with Crippen molar-refractivity contribution >= 4 is 5.97 Å². The molecular formula is C26H23F3O4. The third-order valence-electron chi connectivity index (χ3n) is 5.82. The van der Waals surface area contributed by atoms with E-state index in [1.165, 1.54) is 12.1 Å². The highest BCUT2D eigenvalue weighted by Crippen LogP contribution is 2.40. The Bertz CT molecular complexity index is 1120. The molecule has 0 aliphatic heterocycles. The second-order valence-electron chi connectivity index (χ2n) is 8.16. The molecule has 0 spiro atoms. The summed E-state index contributed by atoms with van der Waals surface area (Å²) in [5.74, 6) is -0.456. The number of rotatable bonds is 7. The Morgan fingerprint density at radius 2 is 1.70 bits per heavy atom. The van der Waals surface area contributed by atoms with Crippen molar-refractivity contribution < 1.29 is 32.5 Å². The molecule has 1 aliphatic rings. The average Bonchev–Trinajstić information content (AvgIpc) is 3.16. The fourth-order valence-corrected chi connectivity index (χ4v) is 4.26. The molecule has 0 radical (unpaired) electrons. The maximum Gasteiger partial charge on any atom is 0.573 e.